The lowest BCUT2D eigenvalue weighted by Crippen LogP contribution is -1.84. The maximum atomic E-state index is 4.48. The molecule has 0 saturated heterocycles. The average molecular weight is 307 g/mol. The predicted octanol–water partition coefficient (Wildman–Crippen LogP) is 3.27. The first-order chi connectivity index (χ1) is 8.33. The van der Waals surface area contributed by atoms with Crippen LogP contribution in [0.1, 0.15) is 0 Å². The second kappa shape index (κ2) is 4.46. The van der Waals surface area contributed by atoms with Crippen molar-refractivity contribution in [1.82, 2.24) is 19.9 Å². The van der Waals surface area contributed by atoms with E-state index >= 15 is 0 Å². The van der Waals surface area contributed by atoms with Crippen molar-refractivity contribution >= 4 is 38.7 Å². The molecular formula is C11H7BrN4S. The molecule has 0 spiro atoms. The summed E-state index contributed by atoms with van der Waals surface area (Å²) < 4.78 is 0.866. The van der Waals surface area contributed by atoms with E-state index in [-0.39, 0.29) is 0 Å². The van der Waals surface area contributed by atoms with E-state index in [0.29, 0.717) is 0 Å². The van der Waals surface area contributed by atoms with Crippen LogP contribution in [0.15, 0.2) is 51.4 Å². The Morgan fingerprint density at radius 2 is 2.12 bits per heavy atom. The summed E-state index contributed by atoms with van der Waals surface area (Å²) in [7, 11) is 0. The summed E-state index contributed by atoms with van der Waals surface area (Å²) in [5.74, 6) is 0. The number of rotatable bonds is 2. The van der Waals surface area contributed by atoms with E-state index in [2.05, 4.69) is 35.9 Å². The molecule has 0 aliphatic heterocycles. The van der Waals surface area contributed by atoms with Crippen LogP contribution in [0.3, 0.4) is 0 Å². The van der Waals surface area contributed by atoms with Crippen LogP contribution < -0.4 is 0 Å². The molecule has 84 valence electrons. The second-order valence-corrected chi connectivity index (χ2v) is 5.17. The molecule has 0 aliphatic carbocycles. The van der Waals surface area contributed by atoms with Crippen LogP contribution in [0.2, 0.25) is 0 Å². The summed E-state index contributed by atoms with van der Waals surface area (Å²) in [6.07, 6.45) is 3.24. The molecule has 4 nitrogen and oxygen atoms in total. The summed E-state index contributed by atoms with van der Waals surface area (Å²) in [5.41, 5.74) is 1.99. The van der Waals surface area contributed by atoms with Gasteiger partial charge in [-0.25, -0.2) is 15.0 Å². The molecule has 17 heavy (non-hydrogen) atoms. The number of imidazole rings is 1. The maximum Gasteiger partial charge on any atom is 0.172 e. The Labute approximate surface area is 110 Å². The fourth-order valence-corrected chi connectivity index (χ4v) is 2.65. The molecule has 2 aromatic heterocycles. The summed E-state index contributed by atoms with van der Waals surface area (Å²) in [5, 5.41) is 1.67. The van der Waals surface area contributed by atoms with Crippen LogP contribution in [0, 0.1) is 0 Å². The van der Waals surface area contributed by atoms with E-state index in [1.807, 2.05) is 24.3 Å². The zero-order chi connectivity index (χ0) is 11.7. The fourth-order valence-electron chi connectivity index (χ4n) is 1.45. The Hall–Kier alpha value is -1.40. The molecule has 1 aromatic carbocycles. The standard InChI is InChI=1S/C11H7BrN4S/c12-7-5-13-6-14-10(7)17-11-15-8-3-1-2-4-9(8)16-11/h1-6H,(H,15,16). The van der Waals surface area contributed by atoms with Crippen LogP contribution in [-0.2, 0) is 0 Å². The van der Waals surface area contributed by atoms with Gasteiger partial charge in [-0.3, -0.25) is 0 Å². The Kier molecular flexibility index (Phi) is 2.82. The average Bonchev–Trinajstić information content (AvgIpc) is 2.74. The molecule has 0 atom stereocenters. The normalized spacial score (nSPS) is 10.9. The maximum absolute atomic E-state index is 4.48. The highest BCUT2D eigenvalue weighted by molar-refractivity contribution is 9.10. The minimum absolute atomic E-state index is 0.825. The smallest absolute Gasteiger partial charge is 0.172 e. The van der Waals surface area contributed by atoms with Crippen LogP contribution in [0.4, 0.5) is 0 Å². The Morgan fingerprint density at radius 3 is 2.94 bits per heavy atom. The largest absolute Gasteiger partial charge is 0.333 e. The van der Waals surface area contributed by atoms with Gasteiger partial charge in [-0.15, -0.1) is 0 Å². The van der Waals surface area contributed by atoms with Crippen molar-refractivity contribution in [2.75, 3.05) is 0 Å². The summed E-state index contributed by atoms with van der Waals surface area (Å²) in [6.45, 7) is 0. The number of hydrogen-bond donors (Lipinski definition) is 1. The Morgan fingerprint density at radius 1 is 1.24 bits per heavy atom. The minimum atomic E-state index is 0.825. The molecule has 6 heteroatoms. The minimum Gasteiger partial charge on any atom is -0.333 e. The molecule has 1 N–H and O–H groups in total. The van der Waals surface area contributed by atoms with Crippen LogP contribution >= 0.6 is 27.7 Å². The molecule has 0 radical (unpaired) electrons. The number of nitrogens with zero attached hydrogens (tertiary/aromatic N) is 3. The van der Waals surface area contributed by atoms with Crippen molar-refractivity contribution in [3.05, 3.63) is 41.3 Å². The van der Waals surface area contributed by atoms with Crippen molar-refractivity contribution in [3.63, 3.8) is 0 Å². The van der Waals surface area contributed by atoms with Crippen molar-refractivity contribution < 1.29 is 0 Å². The number of H-pyrrole nitrogens is 1. The van der Waals surface area contributed by atoms with E-state index in [1.165, 1.54) is 18.1 Å². The molecular weight excluding hydrogens is 300 g/mol. The summed E-state index contributed by atoms with van der Waals surface area (Å²) in [4.78, 5) is 15.8. The fraction of sp³-hybridized carbons (Fsp3) is 0. The predicted molar refractivity (Wildman–Crippen MR) is 69.9 cm³/mol. The summed E-state index contributed by atoms with van der Waals surface area (Å²) >= 11 is 4.89. The quantitative estimate of drug-likeness (QED) is 0.738. The number of para-hydroxylation sites is 2. The number of hydrogen-bond acceptors (Lipinski definition) is 4. The second-order valence-electron chi connectivity index (χ2n) is 3.34. The molecule has 3 rings (SSSR count). The third kappa shape index (κ3) is 2.18. The lowest BCUT2D eigenvalue weighted by Gasteiger charge is -1.97. The number of fused-ring (bicyclic) bond motifs is 1. The van der Waals surface area contributed by atoms with E-state index < -0.39 is 0 Å². The summed E-state index contributed by atoms with van der Waals surface area (Å²) in [6, 6.07) is 7.93. The van der Waals surface area contributed by atoms with Crippen LogP contribution in [0.25, 0.3) is 11.0 Å². The van der Waals surface area contributed by atoms with Gasteiger partial charge in [0.25, 0.3) is 0 Å². The van der Waals surface area contributed by atoms with Gasteiger partial charge in [-0.2, -0.15) is 0 Å². The number of halogens is 1. The third-order valence-corrected chi connectivity index (χ3v) is 3.94. The topological polar surface area (TPSA) is 54.5 Å². The van der Waals surface area contributed by atoms with E-state index in [9.17, 15) is 0 Å². The Bertz CT molecular complexity index is 634. The number of nitrogens with one attached hydrogen (secondary N) is 1. The molecule has 0 bridgehead atoms. The van der Waals surface area contributed by atoms with Gasteiger partial charge in [0.2, 0.25) is 0 Å². The molecule has 3 aromatic rings. The van der Waals surface area contributed by atoms with Gasteiger partial charge < -0.3 is 4.98 Å². The molecule has 0 unspecified atom stereocenters. The number of aromatic amines is 1. The van der Waals surface area contributed by atoms with Crippen LogP contribution in [-0.4, -0.2) is 19.9 Å². The van der Waals surface area contributed by atoms with Gasteiger partial charge in [0.1, 0.15) is 11.4 Å². The first-order valence-electron chi connectivity index (χ1n) is 4.91. The highest BCUT2D eigenvalue weighted by Gasteiger charge is 2.07. The first-order valence-corrected chi connectivity index (χ1v) is 6.52. The monoisotopic (exact) mass is 306 g/mol. The Balaban J connectivity index is 1.98. The van der Waals surface area contributed by atoms with Crippen molar-refractivity contribution in [2.45, 2.75) is 10.2 Å². The number of aromatic nitrogens is 4. The van der Waals surface area contributed by atoms with Gasteiger partial charge in [0.15, 0.2) is 5.16 Å². The van der Waals surface area contributed by atoms with Gasteiger partial charge >= 0.3 is 0 Å². The molecule has 0 saturated carbocycles. The van der Waals surface area contributed by atoms with Crippen molar-refractivity contribution in [2.24, 2.45) is 0 Å². The SMILES string of the molecule is Brc1cncnc1Sc1nc2ccccc2[nH]1. The van der Waals surface area contributed by atoms with Gasteiger partial charge in [-0.1, -0.05) is 12.1 Å². The molecule has 2 heterocycles. The zero-order valence-electron chi connectivity index (χ0n) is 8.59. The van der Waals surface area contributed by atoms with Crippen molar-refractivity contribution in [1.29, 1.82) is 0 Å². The van der Waals surface area contributed by atoms with E-state index in [0.717, 1.165) is 25.7 Å². The van der Waals surface area contributed by atoms with Crippen LogP contribution in [0.5, 0.6) is 0 Å². The van der Waals surface area contributed by atoms with E-state index in [1.54, 1.807) is 6.20 Å². The lowest BCUT2D eigenvalue weighted by molar-refractivity contribution is 1.01. The van der Waals surface area contributed by atoms with Crippen molar-refractivity contribution in [3.8, 4) is 0 Å². The lowest BCUT2D eigenvalue weighted by atomic mass is 10.3. The zero-order valence-corrected chi connectivity index (χ0v) is 11.0. The molecule has 0 amide bonds. The van der Waals surface area contributed by atoms with E-state index in [4.69, 9.17) is 0 Å². The highest BCUT2D eigenvalue weighted by Crippen LogP contribution is 2.30. The van der Waals surface area contributed by atoms with Gasteiger partial charge in [0.05, 0.1) is 15.5 Å². The van der Waals surface area contributed by atoms with Gasteiger partial charge in [0, 0.05) is 6.20 Å². The highest BCUT2D eigenvalue weighted by atomic mass is 79.9. The number of benzene rings is 1. The molecule has 0 aliphatic rings. The molecule has 0 fully saturated rings. The van der Waals surface area contributed by atoms with Gasteiger partial charge in [-0.05, 0) is 39.8 Å². The third-order valence-electron chi connectivity index (χ3n) is 2.19. The first kappa shape index (κ1) is 10.7.